The van der Waals surface area contributed by atoms with Crippen LogP contribution in [-0.2, 0) is 28.8 Å². The van der Waals surface area contributed by atoms with E-state index in [1.165, 1.54) is 0 Å². The molecule has 0 radical (unpaired) electrons. The molecule has 14 heteroatoms. The van der Waals surface area contributed by atoms with Crippen molar-refractivity contribution in [3.63, 3.8) is 0 Å². The number of hydrogen-bond acceptors (Lipinski definition) is 8. The van der Waals surface area contributed by atoms with Gasteiger partial charge < -0.3 is 44.0 Å². The Balaban J connectivity index is 4.88. The fourth-order valence-electron chi connectivity index (χ4n) is 2.29. The fraction of sp³-hybridized carbons (Fsp3) is 0.625. The summed E-state index contributed by atoms with van der Waals surface area (Å²) in [6, 6.07) is -3.86. The van der Waals surface area contributed by atoms with Crippen LogP contribution in [0.4, 0.5) is 0 Å². The van der Waals surface area contributed by atoms with Gasteiger partial charge in [-0.2, -0.15) is 0 Å². The summed E-state index contributed by atoms with van der Waals surface area (Å²) in [6.45, 7) is -0.250. The first kappa shape index (κ1) is 26.7. The Kier molecular flexibility index (Phi) is 12.3. The van der Waals surface area contributed by atoms with Crippen LogP contribution in [-0.4, -0.2) is 71.8 Å². The van der Waals surface area contributed by atoms with Gasteiger partial charge in [-0.3, -0.25) is 24.0 Å². The fourth-order valence-corrected chi connectivity index (χ4v) is 2.29. The number of carbonyl (C=O) groups excluding carboxylic acids is 5. The van der Waals surface area contributed by atoms with Crippen molar-refractivity contribution < 1.29 is 33.9 Å². The van der Waals surface area contributed by atoms with Gasteiger partial charge in [-0.15, -0.1) is 0 Å². The summed E-state index contributed by atoms with van der Waals surface area (Å²) in [7, 11) is 0. The molecule has 0 aliphatic carbocycles. The van der Waals surface area contributed by atoms with Crippen LogP contribution in [0.1, 0.15) is 32.1 Å². The maximum atomic E-state index is 12.4. The quantitative estimate of drug-likeness (QED) is 0.116. The average molecular weight is 431 g/mol. The van der Waals surface area contributed by atoms with E-state index in [0.717, 1.165) is 0 Å². The number of carboxylic acid groups (broad SMARTS) is 1. The third kappa shape index (κ3) is 11.6. The molecule has 170 valence electrons. The molecule has 0 aliphatic rings. The average Bonchev–Trinajstić information content (AvgIpc) is 2.63. The van der Waals surface area contributed by atoms with Crippen LogP contribution in [0.15, 0.2) is 0 Å². The molecule has 0 aromatic carbocycles. The van der Waals surface area contributed by atoms with Gasteiger partial charge in [0.2, 0.25) is 29.5 Å². The normalized spacial score (nSPS) is 13.4. The minimum absolute atomic E-state index is 0.180. The number of nitrogens with two attached hydrogens (primary N) is 4. The molecule has 5 amide bonds. The summed E-state index contributed by atoms with van der Waals surface area (Å²) in [5, 5.41) is 15.6. The van der Waals surface area contributed by atoms with Gasteiger partial charge in [-0.25, -0.2) is 4.79 Å². The van der Waals surface area contributed by atoms with Crippen molar-refractivity contribution in [2.75, 3.05) is 13.1 Å². The number of carboxylic acids is 1. The number of carbonyl (C=O) groups is 6. The molecule has 3 unspecified atom stereocenters. The monoisotopic (exact) mass is 431 g/mol. The molecule has 14 nitrogen and oxygen atoms in total. The highest BCUT2D eigenvalue weighted by atomic mass is 16.4. The van der Waals surface area contributed by atoms with Gasteiger partial charge in [0.15, 0.2) is 0 Å². The van der Waals surface area contributed by atoms with E-state index in [1.54, 1.807) is 0 Å². The maximum Gasteiger partial charge on any atom is 0.326 e. The lowest BCUT2D eigenvalue weighted by atomic mass is 10.1. The van der Waals surface area contributed by atoms with Gasteiger partial charge in [-0.05, 0) is 25.8 Å². The Labute approximate surface area is 172 Å². The Morgan fingerprint density at radius 1 is 0.833 bits per heavy atom. The van der Waals surface area contributed by atoms with E-state index in [0.29, 0.717) is 19.4 Å². The topological polar surface area (TPSA) is 263 Å². The van der Waals surface area contributed by atoms with E-state index in [-0.39, 0.29) is 6.42 Å². The van der Waals surface area contributed by atoms with E-state index in [9.17, 15) is 28.8 Å². The highest BCUT2D eigenvalue weighted by Gasteiger charge is 2.26. The first-order valence-electron chi connectivity index (χ1n) is 9.10. The van der Waals surface area contributed by atoms with Crippen molar-refractivity contribution in [1.82, 2.24) is 16.0 Å². The molecule has 0 aromatic heterocycles. The summed E-state index contributed by atoms with van der Waals surface area (Å²) in [5.41, 5.74) is 20.9. The predicted molar refractivity (Wildman–Crippen MR) is 103 cm³/mol. The van der Waals surface area contributed by atoms with E-state index >= 15 is 0 Å². The molecule has 0 aromatic rings. The van der Waals surface area contributed by atoms with E-state index in [1.807, 2.05) is 5.32 Å². The van der Waals surface area contributed by atoms with Gasteiger partial charge >= 0.3 is 5.97 Å². The van der Waals surface area contributed by atoms with Crippen molar-refractivity contribution in [2.24, 2.45) is 22.9 Å². The molecule has 0 aliphatic heterocycles. The van der Waals surface area contributed by atoms with E-state index in [2.05, 4.69) is 10.6 Å². The Morgan fingerprint density at radius 3 is 1.93 bits per heavy atom. The SMILES string of the molecule is NCCCCC(NC(=O)C(N)CC(N)=O)C(=O)NCC(=O)NC(CC(N)=O)C(=O)O. The summed E-state index contributed by atoms with van der Waals surface area (Å²) in [5.74, 6) is -5.58. The highest BCUT2D eigenvalue weighted by Crippen LogP contribution is 2.02. The molecule has 0 saturated carbocycles. The number of aliphatic carboxylic acids is 1. The molecule has 30 heavy (non-hydrogen) atoms. The third-order valence-corrected chi connectivity index (χ3v) is 3.80. The van der Waals surface area contributed by atoms with E-state index in [4.69, 9.17) is 28.0 Å². The predicted octanol–water partition coefficient (Wildman–Crippen LogP) is -4.64. The molecular formula is C16H29N7O7. The lowest BCUT2D eigenvalue weighted by molar-refractivity contribution is -0.143. The zero-order valence-corrected chi connectivity index (χ0v) is 16.4. The van der Waals surface area contributed by atoms with Crippen molar-refractivity contribution >= 4 is 35.5 Å². The smallest absolute Gasteiger partial charge is 0.326 e. The Bertz CT molecular complexity index is 656. The lowest BCUT2D eigenvalue weighted by Gasteiger charge is -2.20. The lowest BCUT2D eigenvalue weighted by Crippen LogP contribution is -2.54. The van der Waals surface area contributed by atoms with Gasteiger partial charge in [0.05, 0.1) is 25.4 Å². The first-order chi connectivity index (χ1) is 14.0. The van der Waals surface area contributed by atoms with Gasteiger partial charge in [0.25, 0.3) is 0 Å². The largest absolute Gasteiger partial charge is 0.480 e. The molecular weight excluding hydrogens is 402 g/mol. The molecule has 12 N–H and O–H groups in total. The van der Waals surface area contributed by atoms with Crippen LogP contribution in [0.5, 0.6) is 0 Å². The summed E-state index contributed by atoms with van der Waals surface area (Å²) < 4.78 is 0. The highest BCUT2D eigenvalue weighted by molar-refractivity contribution is 5.94. The van der Waals surface area contributed by atoms with Gasteiger partial charge in [0, 0.05) is 0 Å². The van der Waals surface area contributed by atoms with Crippen molar-refractivity contribution in [3.05, 3.63) is 0 Å². The molecule has 0 bridgehead atoms. The van der Waals surface area contributed by atoms with Gasteiger partial charge in [0.1, 0.15) is 12.1 Å². The second-order valence-corrected chi connectivity index (χ2v) is 6.47. The van der Waals surface area contributed by atoms with Gasteiger partial charge in [-0.1, -0.05) is 0 Å². The van der Waals surface area contributed by atoms with Crippen LogP contribution in [0, 0.1) is 0 Å². The number of amides is 5. The van der Waals surface area contributed by atoms with Crippen LogP contribution in [0.3, 0.4) is 0 Å². The second-order valence-electron chi connectivity index (χ2n) is 6.47. The number of primary amides is 2. The minimum atomic E-state index is -1.54. The molecule has 0 spiro atoms. The molecule has 0 saturated heterocycles. The zero-order valence-electron chi connectivity index (χ0n) is 16.4. The maximum absolute atomic E-state index is 12.4. The molecule has 3 atom stereocenters. The zero-order chi connectivity index (χ0) is 23.3. The summed E-state index contributed by atoms with van der Waals surface area (Å²) in [4.78, 5) is 69.0. The van der Waals surface area contributed by atoms with Crippen LogP contribution >= 0.6 is 0 Å². The first-order valence-corrected chi connectivity index (χ1v) is 9.10. The van der Waals surface area contributed by atoms with E-state index < -0.39 is 73.0 Å². The van der Waals surface area contributed by atoms with Crippen molar-refractivity contribution in [2.45, 2.75) is 50.2 Å². The standard InChI is InChI=1S/C16H29N7O7/c17-4-2-1-3-9(23-14(27)8(18)5-11(19)24)15(28)21-7-13(26)22-10(16(29)30)6-12(20)25/h8-10H,1-7,17-18H2,(H2,19,24)(H2,20,25)(H,21,28)(H,22,26)(H,23,27)(H,29,30). The Morgan fingerprint density at radius 2 is 1.43 bits per heavy atom. The molecule has 0 heterocycles. The van der Waals surface area contributed by atoms with Crippen LogP contribution in [0.25, 0.3) is 0 Å². The summed E-state index contributed by atoms with van der Waals surface area (Å²) >= 11 is 0. The Hall–Kier alpha value is -3.26. The molecule has 0 fully saturated rings. The second kappa shape index (κ2) is 13.8. The molecule has 0 rings (SSSR count). The number of hydrogen-bond donors (Lipinski definition) is 8. The number of rotatable bonds is 15. The van der Waals surface area contributed by atoms with Crippen LogP contribution < -0.4 is 38.9 Å². The van der Waals surface area contributed by atoms with Crippen molar-refractivity contribution in [1.29, 1.82) is 0 Å². The minimum Gasteiger partial charge on any atom is -0.480 e. The number of unbranched alkanes of at least 4 members (excludes halogenated alkanes) is 1. The van der Waals surface area contributed by atoms with Crippen LogP contribution in [0.2, 0.25) is 0 Å². The third-order valence-electron chi connectivity index (χ3n) is 3.80. The summed E-state index contributed by atoms with van der Waals surface area (Å²) in [6.07, 6.45) is 0.193. The number of nitrogens with one attached hydrogen (secondary N) is 3. The van der Waals surface area contributed by atoms with Crippen molar-refractivity contribution in [3.8, 4) is 0 Å².